The smallest absolute Gasteiger partial charge is 0.274 e. The van der Waals surface area contributed by atoms with Crippen molar-refractivity contribution in [2.24, 2.45) is 5.92 Å². The average molecular weight is 292 g/mol. The summed E-state index contributed by atoms with van der Waals surface area (Å²) in [7, 11) is 4.07. The van der Waals surface area contributed by atoms with Gasteiger partial charge in [0.25, 0.3) is 11.5 Å². The molecule has 116 valence electrons. The minimum atomic E-state index is -0.158. The summed E-state index contributed by atoms with van der Waals surface area (Å²) in [6.45, 7) is 6.12. The number of hydrogen-bond donors (Lipinski definition) is 0. The fraction of sp³-hybridized carbons (Fsp3) is 0.667. The number of nitrogens with zero attached hydrogens (tertiary/aromatic N) is 4. The number of likely N-dealkylation sites (N-methyl/N-ethyl adjacent to an activating group) is 1. The highest BCUT2D eigenvalue weighted by Crippen LogP contribution is 2.21. The summed E-state index contributed by atoms with van der Waals surface area (Å²) in [4.78, 5) is 28.2. The Balaban J connectivity index is 2.17. The standard InChI is InChI=1S/C15H24N4O2/c1-5-8-19-14(20)7-6-12(16-19)15(21)18-9-11(2)13(10-18)17(3)4/h6-7,11,13H,5,8-10H2,1-4H3/t11-,13+/m1/s1. The number of aryl methyl sites for hydroxylation is 1. The summed E-state index contributed by atoms with van der Waals surface area (Å²) in [6.07, 6.45) is 0.813. The number of carbonyl (C=O) groups is 1. The molecule has 2 rings (SSSR count). The van der Waals surface area contributed by atoms with Gasteiger partial charge >= 0.3 is 0 Å². The first-order valence-corrected chi connectivity index (χ1v) is 7.48. The minimum absolute atomic E-state index is 0.0870. The van der Waals surface area contributed by atoms with Crippen LogP contribution in [0.2, 0.25) is 0 Å². The van der Waals surface area contributed by atoms with E-state index in [-0.39, 0.29) is 11.5 Å². The third kappa shape index (κ3) is 3.32. The first-order valence-electron chi connectivity index (χ1n) is 7.48. The molecule has 0 unspecified atom stereocenters. The molecule has 0 bridgehead atoms. The first kappa shape index (κ1) is 15.7. The van der Waals surface area contributed by atoms with Crippen LogP contribution in [0.15, 0.2) is 16.9 Å². The molecule has 2 atom stereocenters. The van der Waals surface area contributed by atoms with E-state index >= 15 is 0 Å². The summed E-state index contributed by atoms with van der Waals surface area (Å²) < 4.78 is 1.37. The van der Waals surface area contributed by atoms with Gasteiger partial charge in [0.05, 0.1) is 0 Å². The minimum Gasteiger partial charge on any atom is -0.335 e. The summed E-state index contributed by atoms with van der Waals surface area (Å²) in [5.41, 5.74) is 0.198. The van der Waals surface area contributed by atoms with Crippen LogP contribution in [0.25, 0.3) is 0 Å². The number of hydrogen-bond acceptors (Lipinski definition) is 4. The lowest BCUT2D eigenvalue weighted by Gasteiger charge is -2.22. The van der Waals surface area contributed by atoms with Gasteiger partial charge in [-0.3, -0.25) is 9.59 Å². The number of likely N-dealkylation sites (tertiary alicyclic amines) is 1. The fourth-order valence-electron chi connectivity index (χ4n) is 2.88. The fourth-order valence-corrected chi connectivity index (χ4v) is 2.88. The second kappa shape index (κ2) is 6.39. The van der Waals surface area contributed by atoms with Gasteiger partial charge in [-0.1, -0.05) is 13.8 Å². The zero-order chi connectivity index (χ0) is 15.6. The Morgan fingerprint density at radius 3 is 2.67 bits per heavy atom. The zero-order valence-corrected chi connectivity index (χ0v) is 13.2. The lowest BCUT2D eigenvalue weighted by atomic mass is 10.1. The van der Waals surface area contributed by atoms with E-state index in [2.05, 4.69) is 16.9 Å². The summed E-state index contributed by atoms with van der Waals surface area (Å²) in [5, 5.41) is 4.20. The van der Waals surface area contributed by atoms with Gasteiger partial charge in [0.1, 0.15) is 5.69 Å². The Bertz CT molecular complexity index is 567. The molecule has 1 aliphatic heterocycles. The van der Waals surface area contributed by atoms with E-state index in [4.69, 9.17) is 0 Å². The van der Waals surface area contributed by atoms with Crippen molar-refractivity contribution in [3.05, 3.63) is 28.2 Å². The quantitative estimate of drug-likeness (QED) is 0.818. The predicted octanol–water partition coefficient (Wildman–Crippen LogP) is 0.675. The lowest BCUT2D eigenvalue weighted by molar-refractivity contribution is 0.0772. The molecule has 6 nitrogen and oxygen atoms in total. The first-order chi connectivity index (χ1) is 9.93. The third-order valence-electron chi connectivity index (χ3n) is 4.04. The molecule has 1 fully saturated rings. The van der Waals surface area contributed by atoms with Crippen molar-refractivity contribution in [1.29, 1.82) is 0 Å². The molecule has 6 heteroatoms. The second-order valence-corrected chi connectivity index (χ2v) is 6.00. The summed E-state index contributed by atoms with van der Waals surface area (Å²) in [5.74, 6) is 0.349. The van der Waals surface area contributed by atoms with Crippen molar-refractivity contribution in [2.45, 2.75) is 32.9 Å². The number of carbonyl (C=O) groups excluding carboxylic acids is 1. The zero-order valence-electron chi connectivity index (χ0n) is 13.2. The highest BCUT2D eigenvalue weighted by atomic mass is 16.2. The van der Waals surface area contributed by atoms with Crippen LogP contribution in [0.3, 0.4) is 0 Å². The van der Waals surface area contributed by atoms with Gasteiger partial charge in [-0.15, -0.1) is 0 Å². The van der Waals surface area contributed by atoms with Crippen LogP contribution in [-0.2, 0) is 6.54 Å². The SMILES string of the molecule is CCCn1nc(C(=O)N2C[C@@H](C)[C@@H](N(C)C)C2)ccc1=O. The molecule has 1 aliphatic rings. The molecular weight excluding hydrogens is 268 g/mol. The van der Waals surface area contributed by atoms with Crippen molar-refractivity contribution in [3.8, 4) is 0 Å². The summed E-state index contributed by atoms with van der Waals surface area (Å²) in [6, 6.07) is 3.33. The van der Waals surface area contributed by atoms with Crippen molar-refractivity contribution in [1.82, 2.24) is 19.6 Å². The highest BCUT2D eigenvalue weighted by Gasteiger charge is 2.34. The molecule has 1 aromatic heterocycles. The number of amides is 1. The van der Waals surface area contributed by atoms with Gasteiger partial charge < -0.3 is 9.80 Å². The molecule has 1 saturated heterocycles. The van der Waals surface area contributed by atoms with Crippen LogP contribution >= 0.6 is 0 Å². The Morgan fingerprint density at radius 1 is 1.38 bits per heavy atom. The molecule has 1 aromatic rings. The van der Waals surface area contributed by atoms with E-state index in [1.54, 1.807) is 0 Å². The second-order valence-electron chi connectivity index (χ2n) is 6.00. The molecule has 2 heterocycles. The van der Waals surface area contributed by atoms with E-state index < -0.39 is 0 Å². The molecule has 0 radical (unpaired) electrons. The van der Waals surface area contributed by atoms with E-state index in [0.29, 0.717) is 30.7 Å². The van der Waals surface area contributed by atoms with Gasteiger partial charge in [0.2, 0.25) is 0 Å². The maximum Gasteiger partial charge on any atom is 0.274 e. The van der Waals surface area contributed by atoms with E-state index in [0.717, 1.165) is 13.0 Å². The maximum absolute atomic E-state index is 12.6. The number of rotatable bonds is 4. The van der Waals surface area contributed by atoms with Gasteiger partial charge in [0, 0.05) is 31.7 Å². The van der Waals surface area contributed by atoms with Gasteiger partial charge in [0.15, 0.2) is 0 Å². The van der Waals surface area contributed by atoms with Crippen LogP contribution in [0.4, 0.5) is 0 Å². The Labute approximate surface area is 125 Å². The van der Waals surface area contributed by atoms with Gasteiger partial charge in [-0.2, -0.15) is 5.10 Å². The molecule has 21 heavy (non-hydrogen) atoms. The van der Waals surface area contributed by atoms with Crippen molar-refractivity contribution in [3.63, 3.8) is 0 Å². The van der Waals surface area contributed by atoms with Gasteiger partial charge in [-0.05, 0) is 32.5 Å². The third-order valence-corrected chi connectivity index (χ3v) is 4.04. The molecule has 0 saturated carbocycles. The Morgan fingerprint density at radius 2 is 2.10 bits per heavy atom. The summed E-state index contributed by atoms with van der Waals surface area (Å²) >= 11 is 0. The molecule has 0 aliphatic carbocycles. The molecule has 1 amide bonds. The van der Waals surface area contributed by atoms with Crippen LogP contribution in [0.5, 0.6) is 0 Å². The highest BCUT2D eigenvalue weighted by molar-refractivity contribution is 5.92. The molecular formula is C15H24N4O2. The van der Waals surface area contributed by atoms with Crippen LogP contribution < -0.4 is 5.56 Å². The van der Waals surface area contributed by atoms with E-state index in [1.807, 2.05) is 25.9 Å². The lowest BCUT2D eigenvalue weighted by Crippen LogP contribution is -2.36. The normalized spacial score (nSPS) is 22.0. The largest absolute Gasteiger partial charge is 0.335 e. The van der Waals surface area contributed by atoms with Crippen LogP contribution in [0.1, 0.15) is 30.8 Å². The topological polar surface area (TPSA) is 58.4 Å². The molecule has 0 spiro atoms. The van der Waals surface area contributed by atoms with Gasteiger partial charge in [-0.25, -0.2) is 4.68 Å². The van der Waals surface area contributed by atoms with Crippen molar-refractivity contribution in [2.75, 3.05) is 27.2 Å². The van der Waals surface area contributed by atoms with Crippen molar-refractivity contribution >= 4 is 5.91 Å². The molecule has 0 N–H and O–H groups in total. The number of aromatic nitrogens is 2. The Kier molecular flexibility index (Phi) is 4.77. The van der Waals surface area contributed by atoms with Crippen LogP contribution in [0, 0.1) is 5.92 Å². The van der Waals surface area contributed by atoms with E-state index in [1.165, 1.54) is 16.8 Å². The monoisotopic (exact) mass is 292 g/mol. The molecule has 0 aromatic carbocycles. The average Bonchev–Trinajstić information content (AvgIpc) is 2.83. The van der Waals surface area contributed by atoms with E-state index in [9.17, 15) is 9.59 Å². The maximum atomic E-state index is 12.6. The predicted molar refractivity (Wildman–Crippen MR) is 81.3 cm³/mol. The van der Waals surface area contributed by atoms with Crippen molar-refractivity contribution < 1.29 is 4.79 Å². The van der Waals surface area contributed by atoms with Crippen LogP contribution in [-0.4, -0.2) is 58.7 Å². The Hall–Kier alpha value is -1.69.